The van der Waals surface area contributed by atoms with E-state index in [1.807, 2.05) is 0 Å². The number of esters is 2. The Morgan fingerprint density at radius 3 is 2.25 bits per heavy atom. The Morgan fingerprint density at radius 2 is 1.75 bits per heavy atom. The van der Waals surface area contributed by atoms with E-state index in [1.54, 1.807) is 13.8 Å². The average molecular weight is 225 g/mol. The van der Waals surface area contributed by atoms with Crippen molar-refractivity contribution in [2.45, 2.75) is 20.3 Å². The van der Waals surface area contributed by atoms with Gasteiger partial charge in [0.05, 0.1) is 26.2 Å². The molecular formula is C11H15NO4. The third-order valence-corrected chi connectivity index (χ3v) is 2.44. The standard InChI is InChI=1S/C11H15NO4/c1-6-8(5-9(13)15-3)10(7(2)12-6)11(14)16-4/h12H,5H2,1-4H3. The number of rotatable bonds is 3. The number of carbonyl (C=O) groups excluding carboxylic acids is 2. The zero-order chi connectivity index (χ0) is 12.3. The summed E-state index contributed by atoms with van der Waals surface area (Å²) in [7, 11) is 2.63. The van der Waals surface area contributed by atoms with Gasteiger partial charge in [-0.1, -0.05) is 0 Å². The van der Waals surface area contributed by atoms with Gasteiger partial charge in [0.2, 0.25) is 0 Å². The van der Waals surface area contributed by atoms with E-state index in [-0.39, 0.29) is 12.4 Å². The van der Waals surface area contributed by atoms with E-state index in [0.717, 1.165) is 5.69 Å². The minimum Gasteiger partial charge on any atom is -0.469 e. The van der Waals surface area contributed by atoms with Gasteiger partial charge in [0.15, 0.2) is 0 Å². The van der Waals surface area contributed by atoms with Gasteiger partial charge in [0.25, 0.3) is 0 Å². The fourth-order valence-electron chi connectivity index (χ4n) is 1.65. The molecule has 88 valence electrons. The topological polar surface area (TPSA) is 68.4 Å². The maximum absolute atomic E-state index is 11.5. The number of hydrogen-bond acceptors (Lipinski definition) is 4. The summed E-state index contributed by atoms with van der Waals surface area (Å²) in [5.41, 5.74) is 2.54. The van der Waals surface area contributed by atoms with E-state index < -0.39 is 5.97 Å². The van der Waals surface area contributed by atoms with Gasteiger partial charge in [-0.3, -0.25) is 4.79 Å². The molecule has 0 aromatic carbocycles. The Bertz CT molecular complexity index is 420. The fraction of sp³-hybridized carbons (Fsp3) is 0.455. The van der Waals surface area contributed by atoms with Crippen molar-refractivity contribution in [2.75, 3.05) is 14.2 Å². The van der Waals surface area contributed by atoms with Crippen molar-refractivity contribution in [3.8, 4) is 0 Å². The Kier molecular flexibility index (Phi) is 3.71. The molecule has 0 unspecified atom stereocenters. The molecule has 1 rings (SSSR count). The predicted molar refractivity (Wildman–Crippen MR) is 57.3 cm³/mol. The highest BCUT2D eigenvalue weighted by molar-refractivity contribution is 5.94. The lowest BCUT2D eigenvalue weighted by atomic mass is 10.1. The molecule has 0 atom stereocenters. The lowest BCUT2D eigenvalue weighted by Gasteiger charge is -2.03. The Balaban J connectivity index is 3.15. The Hall–Kier alpha value is -1.78. The minimum absolute atomic E-state index is 0.0666. The summed E-state index contributed by atoms with van der Waals surface area (Å²) in [4.78, 5) is 25.8. The van der Waals surface area contributed by atoms with Crippen LogP contribution >= 0.6 is 0 Å². The third-order valence-electron chi connectivity index (χ3n) is 2.44. The first-order valence-corrected chi connectivity index (χ1v) is 4.84. The molecule has 0 bridgehead atoms. The third kappa shape index (κ3) is 2.24. The second kappa shape index (κ2) is 4.83. The van der Waals surface area contributed by atoms with Crippen molar-refractivity contribution >= 4 is 11.9 Å². The Morgan fingerprint density at radius 1 is 1.12 bits per heavy atom. The summed E-state index contributed by atoms with van der Waals surface area (Å²) in [6.07, 6.45) is 0.0666. The van der Waals surface area contributed by atoms with Gasteiger partial charge in [-0.15, -0.1) is 0 Å². The van der Waals surface area contributed by atoms with Crippen molar-refractivity contribution in [3.63, 3.8) is 0 Å². The van der Waals surface area contributed by atoms with E-state index in [1.165, 1.54) is 14.2 Å². The van der Waals surface area contributed by atoms with Gasteiger partial charge in [-0.2, -0.15) is 0 Å². The fourth-order valence-corrected chi connectivity index (χ4v) is 1.65. The molecule has 1 aromatic heterocycles. The molecule has 0 spiro atoms. The van der Waals surface area contributed by atoms with Crippen LogP contribution in [0.1, 0.15) is 27.3 Å². The van der Waals surface area contributed by atoms with Crippen LogP contribution in [0, 0.1) is 13.8 Å². The normalized spacial score (nSPS) is 10.0. The molecule has 0 aliphatic rings. The zero-order valence-electron chi connectivity index (χ0n) is 9.84. The summed E-state index contributed by atoms with van der Waals surface area (Å²) in [5, 5.41) is 0. The van der Waals surface area contributed by atoms with E-state index in [0.29, 0.717) is 16.8 Å². The smallest absolute Gasteiger partial charge is 0.339 e. The summed E-state index contributed by atoms with van der Waals surface area (Å²) in [6, 6.07) is 0. The molecule has 0 saturated heterocycles. The highest BCUT2D eigenvalue weighted by atomic mass is 16.5. The lowest BCUT2D eigenvalue weighted by molar-refractivity contribution is -0.139. The van der Waals surface area contributed by atoms with Crippen molar-refractivity contribution in [1.29, 1.82) is 0 Å². The van der Waals surface area contributed by atoms with Crippen molar-refractivity contribution in [2.24, 2.45) is 0 Å². The van der Waals surface area contributed by atoms with Crippen molar-refractivity contribution < 1.29 is 19.1 Å². The largest absolute Gasteiger partial charge is 0.469 e. The molecule has 1 aromatic rings. The highest BCUT2D eigenvalue weighted by Crippen LogP contribution is 2.20. The first-order chi connectivity index (χ1) is 7.51. The number of carbonyl (C=O) groups is 2. The summed E-state index contributed by atoms with van der Waals surface area (Å²) < 4.78 is 9.26. The maximum Gasteiger partial charge on any atom is 0.339 e. The molecule has 0 saturated carbocycles. The molecule has 5 nitrogen and oxygen atoms in total. The van der Waals surface area contributed by atoms with Gasteiger partial charge in [-0.05, 0) is 19.4 Å². The molecule has 5 heteroatoms. The van der Waals surface area contributed by atoms with Gasteiger partial charge < -0.3 is 14.5 Å². The van der Waals surface area contributed by atoms with Crippen LogP contribution in [-0.4, -0.2) is 31.1 Å². The first-order valence-electron chi connectivity index (χ1n) is 4.84. The molecule has 0 fully saturated rings. The first kappa shape index (κ1) is 12.3. The van der Waals surface area contributed by atoms with Gasteiger partial charge in [0, 0.05) is 11.4 Å². The summed E-state index contributed by atoms with van der Waals surface area (Å²) in [6.45, 7) is 3.57. The van der Waals surface area contributed by atoms with E-state index in [4.69, 9.17) is 0 Å². The predicted octanol–water partition coefficient (Wildman–Crippen LogP) is 1.13. The van der Waals surface area contributed by atoms with Crippen LogP contribution in [0.15, 0.2) is 0 Å². The molecular weight excluding hydrogens is 210 g/mol. The second-order valence-electron chi connectivity index (χ2n) is 3.47. The zero-order valence-corrected chi connectivity index (χ0v) is 9.84. The van der Waals surface area contributed by atoms with Crippen LogP contribution in [0.5, 0.6) is 0 Å². The number of H-pyrrole nitrogens is 1. The monoisotopic (exact) mass is 225 g/mol. The van der Waals surface area contributed by atoms with Crippen LogP contribution < -0.4 is 0 Å². The van der Waals surface area contributed by atoms with Crippen LogP contribution in [0.3, 0.4) is 0 Å². The Labute approximate surface area is 93.7 Å². The number of hydrogen-bond donors (Lipinski definition) is 1. The molecule has 0 amide bonds. The number of aromatic amines is 1. The molecule has 1 heterocycles. The van der Waals surface area contributed by atoms with Crippen LogP contribution in [-0.2, 0) is 20.7 Å². The number of aryl methyl sites for hydroxylation is 2. The second-order valence-corrected chi connectivity index (χ2v) is 3.47. The minimum atomic E-state index is -0.444. The summed E-state index contributed by atoms with van der Waals surface area (Å²) in [5.74, 6) is -0.826. The van der Waals surface area contributed by atoms with Gasteiger partial charge >= 0.3 is 11.9 Å². The van der Waals surface area contributed by atoms with E-state index in [9.17, 15) is 9.59 Å². The quantitative estimate of drug-likeness (QED) is 0.783. The molecule has 0 aliphatic heterocycles. The van der Waals surface area contributed by atoms with Crippen molar-refractivity contribution in [3.05, 3.63) is 22.5 Å². The number of methoxy groups -OCH3 is 2. The van der Waals surface area contributed by atoms with E-state index >= 15 is 0 Å². The number of nitrogens with one attached hydrogen (secondary N) is 1. The number of aromatic nitrogens is 1. The van der Waals surface area contributed by atoms with Crippen LogP contribution in [0.2, 0.25) is 0 Å². The lowest BCUT2D eigenvalue weighted by Crippen LogP contribution is -2.11. The van der Waals surface area contributed by atoms with Crippen molar-refractivity contribution in [1.82, 2.24) is 4.98 Å². The summed E-state index contributed by atoms with van der Waals surface area (Å²) >= 11 is 0. The van der Waals surface area contributed by atoms with E-state index in [2.05, 4.69) is 14.5 Å². The number of ether oxygens (including phenoxy) is 2. The van der Waals surface area contributed by atoms with Crippen LogP contribution in [0.4, 0.5) is 0 Å². The van der Waals surface area contributed by atoms with Gasteiger partial charge in [-0.25, -0.2) is 4.79 Å². The maximum atomic E-state index is 11.5. The van der Waals surface area contributed by atoms with Gasteiger partial charge in [0.1, 0.15) is 0 Å². The van der Waals surface area contributed by atoms with Crippen LogP contribution in [0.25, 0.3) is 0 Å². The molecule has 0 radical (unpaired) electrons. The SMILES string of the molecule is COC(=O)Cc1c(C)[nH]c(C)c1C(=O)OC. The average Bonchev–Trinajstić information content (AvgIpc) is 2.53. The molecule has 16 heavy (non-hydrogen) atoms. The highest BCUT2D eigenvalue weighted by Gasteiger charge is 2.21. The molecule has 0 aliphatic carbocycles. The molecule has 1 N–H and O–H groups in total.